The standard InChI is InChI=1S/C22H22FN3O2/c23-17-13-24-22(25-14-17)28-19-10-8-18(9-11-19)26-21(27)12-16-6-3-5-15-4-1-2-7-20(15)16/h1-7,13-14,18-19H,8-12H2,(H,26,27). The third-order valence-corrected chi connectivity index (χ3v) is 5.14. The van der Waals surface area contributed by atoms with E-state index in [-0.39, 0.29) is 24.1 Å². The summed E-state index contributed by atoms with van der Waals surface area (Å²) < 4.78 is 18.6. The molecule has 1 aliphatic rings. The minimum atomic E-state index is -0.482. The van der Waals surface area contributed by atoms with E-state index in [1.165, 1.54) is 0 Å². The van der Waals surface area contributed by atoms with E-state index in [4.69, 9.17) is 4.74 Å². The molecule has 1 aliphatic carbocycles. The van der Waals surface area contributed by atoms with E-state index in [1.54, 1.807) is 0 Å². The Kier molecular flexibility index (Phi) is 5.46. The van der Waals surface area contributed by atoms with Gasteiger partial charge in [-0.15, -0.1) is 0 Å². The Morgan fingerprint density at radius 3 is 2.54 bits per heavy atom. The highest BCUT2D eigenvalue weighted by Crippen LogP contribution is 2.23. The molecule has 0 spiro atoms. The van der Waals surface area contributed by atoms with Gasteiger partial charge in [0.1, 0.15) is 6.10 Å². The van der Waals surface area contributed by atoms with Crippen molar-refractivity contribution in [2.75, 3.05) is 0 Å². The molecule has 0 saturated heterocycles. The molecule has 1 heterocycles. The summed E-state index contributed by atoms with van der Waals surface area (Å²) in [5.41, 5.74) is 1.04. The Bertz CT molecular complexity index is 948. The number of benzene rings is 2. The molecule has 1 aromatic heterocycles. The lowest BCUT2D eigenvalue weighted by Crippen LogP contribution is -2.40. The Morgan fingerprint density at radius 1 is 1.04 bits per heavy atom. The minimum absolute atomic E-state index is 0.00307. The Labute approximate surface area is 163 Å². The van der Waals surface area contributed by atoms with Crippen LogP contribution in [-0.2, 0) is 11.2 Å². The summed E-state index contributed by atoms with van der Waals surface area (Å²) >= 11 is 0. The van der Waals surface area contributed by atoms with Gasteiger partial charge >= 0.3 is 6.01 Å². The van der Waals surface area contributed by atoms with Crippen LogP contribution in [0.3, 0.4) is 0 Å². The van der Waals surface area contributed by atoms with Gasteiger partial charge in [-0.1, -0.05) is 42.5 Å². The van der Waals surface area contributed by atoms with Crippen LogP contribution in [0, 0.1) is 5.82 Å². The highest BCUT2D eigenvalue weighted by Gasteiger charge is 2.24. The summed E-state index contributed by atoms with van der Waals surface area (Å²) in [5, 5.41) is 5.42. The third-order valence-electron chi connectivity index (χ3n) is 5.14. The molecule has 6 heteroatoms. The summed E-state index contributed by atoms with van der Waals surface area (Å²) in [6.07, 6.45) is 5.86. The maximum Gasteiger partial charge on any atom is 0.316 e. The van der Waals surface area contributed by atoms with Crippen molar-refractivity contribution in [3.05, 3.63) is 66.2 Å². The Balaban J connectivity index is 1.28. The van der Waals surface area contributed by atoms with Gasteiger partial charge in [-0.05, 0) is 42.0 Å². The summed E-state index contributed by atoms with van der Waals surface area (Å²) in [5.74, 6) is -0.437. The van der Waals surface area contributed by atoms with Gasteiger partial charge in [-0.25, -0.2) is 14.4 Å². The number of ether oxygens (including phenoxy) is 1. The molecule has 28 heavy (non-hydrogen) atoms. The Morgan fingerprint density at radius 2 is 1.75 bits per heavy atom. The summed E-state index contributed by atoms with van der Waals surface area (Å²) in [6, 6.07) is 14.5. The van der Waals surface area contributed by atoms with Crippen LogP contribution in [0.5, 0.6) is 6.01 Å². The van der Waals surface area contributed by atoms with Gasteiger partial charge in [0.15, 0.2) is 5.82 Å². The SMILES string of the molecule is O=C(Cc1cccc2ccccc12)NC1CCC(Oc2ncc(F)cn2)CC1. The smallest absolute Gasteiger partial charge is 0.316 e. The van der Waals surface area contributed by atoms with Crippen molar-refractivity contribution in [1.82, 2.24) is 15.3 Å². The van der Waals surface area contributed by atoms with Crippen LogP contribution in [0.1, 0.15) is 31.2 Å². The van der Waals surface area contributed by atoms with Crippen molar-refractivity contribution in [2.24, 2.45) is 0 Å². The average Bonchev–Trinajstić information content (AvgIpc) is 2.71. The van der Waals surface area contributed by atoms with Crippen molar-refractivity contribution in [2.45, 2.75) is 44.2 Å². The number of fused-ring (bicyclic) bond motifs is 1. The number of hydrogen-bond donors (Lipinski definition) is 1. The lowest BCUT2D eigenvalue weighted by Gasteiger charge is -2.28. The molecule has 0 unspecified atom stereocenters. The molecule has 0 radical (unpaired) electrons. The van der Waals surface area contributed by atoms with Gasteiger partial charge < -0.3 is 10.1 Å². The summed E-state index contributed by atoms with van der Waals surface area (Å²) in [6.45, 7) is 0. The highest BCUT2D eigenvalue weighted by atomic mass is 19.1. The second kappa shape index (κ2) is 8.33. The number of carbonyl (C=O) groups is 1. The molecule has 1 N–H and O–H groups in total. The summed E-state index contributed by atoms with van der Waals surface area (Å²) in [7, 11) is 0. The average molecular weight is 379 g/mol. The van der Waals surface area contributed by atoms with Gasteiger partial charge in [0.25, 0.3) is 0 Å². The number of amides is 1. The molecule has 5 nitrogen and oxygen atoms in total. The van der Waals surface area contributed by atoms with Gasteiger partial charge in [0.05, 0.1) is 18.8 Å². The Hall–Kier alpha value is -3.02. The highest BCUT2D eigenvalue weighted by molar-refractivity contribution is 5.90. The molecule has 4 rings (SSSR count). The number of hydrogen-bond acceptors (Lipinski definition) is 4. The lowest BCUT2D eigenvalue weighted by atomic mass is 9.92. The first-order valence-corrected chi connectivity index (χ1v) is 9.57. The topological polar surface area (TPSA) is 64.1 Å². The van der Waals surface area contributed by atoms with Gasteiger partial charge in [0, 0.05) is 6.04 Å². The second-order valence-electron chi connectivity index (χ2n) is 7.16. The van der Waals surface area contributed by atoms with Crippen molar-refractivity contribution in [3.8, 4) is 6.01 Å². The van der Waals surface area contributed by atoms with Crippen LogP contribution in [0.2, 0.25) is 0 Å². The molecule has 0 bridgehead atoms. The van der Waals surface area contributed by atoms with Crippen molar-refractivity contribution in [1.29, 1.82) is 0 Å². The number of aromatic nitrogens is 2. The number of rotatable bonds is 5. The predicted octanol–water partition coefficient (Wildman–Crippen LogP) is 3.82. The van der Waals surface area contributed by atoms with Gasteiger partial charge in [-0.3, -0.25) is 4.79 Å². The van der Waals surface area contributed by atoms with Crippen molar-refractivity contribution >= 4 is 16.7 Å². The van der Waals surface area contributed by atoms with E-state index < -0.39 is 5.82 Å². The molecule has 144 valence electrons. The zero-order valence-electron chi connectivity index (χ0n) is 15.5. The fourth-order valence-corrected chi connectivity index (χ4v) is 3.73. The molecule has 1 fully saturated rings. The first-order chi connectivity index (χ1) is 13.7. The van der Waals surface area contributed by atoms with E-state index in [0.717, 1.165) is 54.4 Å². The van der Waals surface area contributed by atoms with Crippen molar-refractivity contribution < 1.29 is 13.9 Å². The third kappa shape index (κ3) is 4.44. The number of halogens is 1. The second-order valence-corrected chi connectivity index (χ2v) is 7.16. The monoisotopic (exact) mass is 379 g/mol. The van der Waals surface area contributed by atoms with Crippen LogP contribution < -0.4 is 10.1 Å². The van der Waals surface area contributed by atoms with E-state index in [0.29, 0.717) is 6.42 Å². The van der Waals surface area contributed by atoms with Crippen LogP contribution in [0.25, 0.3) is 10.8 Å². The fourth-order valence-electron chi connectivity index (χ4n) is 3.73. The molecule has 2 aromatic carbocycles. The van der Waals surface area contributed by atoms with Crippen LogP contribution in [0.4, 0.5) is 4.39 Å². The molecular weight excluding hydrogens is 357 g/mol. The molecular formula is C22H22FN3O2. The number of nitrogens with one attached hydrogen (secondary N) is 1. The van der Waals surface area contributed by atoms with E-state index in [2.05, 4.69) is 33.5 Å². The minimum Gasteiger partial charge on any atom is -0.460 e. The first-order valence-electron chi connectivity index (χ1n) is 9.57. The molecule has 0 aliphatic heterocycles. The summed E-state index contributed by atoms with van der Waals surface area (Å²) in [4.78, 5) is 20.2. The maximum atomic E-state index is 12.9. The lowest BCUT2D eigenvalue weighted by molar-refractivity contribution is -0.121. The number of carbonyl (C=O) groups excluding carboxylic acids is 1. The normalized spacial score (nSPS) is 19.3. The van der Waals surface area contributed by atoms with E-state index >= 15 is 0 Å². The first kappa shape index (κ1) is 18.3. The zero-order valence-corrected chi connectivity index (χ0v) is 15.5. The maximum absolute atomic E-state index is 12.9. The molecule has 1 amide bonds. The van der Waals surface area contributed by atoms with Gasteiger partial charge in [0.2, 0.25) is 5.91 Å². The molecule has 0 atom stereocenters. The fraction of sp³-hybridized carbons (Fsp3) is 0.318. The molecule has 1 saturated carbocycles. The molecule has 3 aromatic rings. The van der Waals surface area contributed by atoms with Crippen molar-refractivity contribution in [3.63, 3.8) is 0 Å². The van der Waals surface area contributed by atoms with Gasteiger partial charge in [-0.2, -0.15) is 0 Å². The van der Waals surface area contributed by atoms with Crippen LogP contribution in [-0.4, -0.2) is 28.0 Å². The van der Waals surface area contributed by atoms with E-state index in [1.807, 2.05) is 24.3 Å². The van der Waals surface area contributed by atoms with E-state index in [9.17, 15) is 9.18 Å². The largest absolute Gasteiger partial charge is 0.460 e. The van der Waals surface area contributed by atoms with Crippen LogP contribution >= 0.6 is 0 Å². The quantitative estimate of drug-likeness (QED) is 0.732. The zero-order chi connectivity index (χ0) is 19.3. The van der Waals surface area contributed by atoms with Crippen LogP contribution in [0.15, 0.2) is 54.9 Å². The predicted molar refractivity (Wildman–Crippen MR) is 104 cm³/mol. The number of nitrogens with zero attached hydrogens (tertiary/aromatic N) is 2.